The van der Waals surface area contributed by atoms with Crippen LogP contribution >= 0.6 is 11.6 Å². The van der Waals surface area contributed by atoms with Crippen LogP contribution in [0.2, 0.25) is 5.02 Å². The molecule has 1 aliphatic heterocycles. The smallest absolute Gasteiger partial charge is 0.315 e. The third kappa shape index (κ3) is 3.92. The van der Waals surface area contributed by atoms with Gasteiger partial charge in [0.2, 0.25) is 5.75 Å². The van der Waals surface area contributed by atoms with Gasteiger partial charge in [-0.3, -0.25) is 25.1 Å². The average molecular weight is 432 g/mol. The first-order valence-corrected chi connectivity index (χ1v) is 9.27. The maximum Gasteiger partial charge on any atom is 0.315 e. The molecule has 0 aromatic heterocycles. The van der Waals surface area contributed by atoms with Crippen LogP contribution in [0.3, 0.4) is 0 Å². The quantitative estimate of drug-likeness (QED) is 0.324. The van der Waals surface area contributed by atoms with Crippen molar-refractivity contribution >= 4 is 40.9 Å². The van der Waals surface area contributed by atoms with Crippen LogP contribution in [0.4, 0.5) is 11.4 Å². The van der Waals surface area contributed by atoms with Crippen LogP contribution in [0, 0.1) is 17.0 Å². The SMILES string of the molecule is CCOc1c(OC)cc(/C=C2\C(=O)NN(c3ccc(C)c(Cl)c3)C2=O)cc1[N+](=O)[O-]. The van der Waals surface area contributed by atoms with Gasteiger partial charge in [-0.25, -0.2) is 5.01 Å². The summed E-state index contributed by atoms with van der Waals surface area (Å²) in [5.41, 5.74) is 3.39. The highest BCUT2D eigenvalue weighted by Gasteiger charge is 2.35. The van der Waals surface area contributed by atoms with Gasteiger partial charge in [-0.15, -0.1) is 0 Å². The number of hydrogen-bond acceptors (Lipinski definition) is 6. The number of methoxy groups -OCH3 is 1. The molecule has 0 bridgehead atoms. The zero-order valence-electron chi connectivity index (χ0n) is 16.4. The van der Waals surface area contributed by atoms with Gasteiger partial charge in [0, 0.05) is 11.1 Å². The van der Waals surface area contributed by atoms with Crippen molar-refractivity contribution in [1.29, 1.82) is 0 Å². The van der Waals surface area contributed by atoms with E-state index in [1.165, 1.54) is 25.3 Å². The lowest BCUT2D eigenvalue weighted by atomic mass is 10.1. The van der Waals surface area contributed by atoms with E-state index >= 15 is 0 Å². The Balaban J connectivity index is 2.03. The number of anilines is 1. The summed E-state index contributed by atoms with van der Waals surface area (Å²) in [6.07, 6.45) is 1.26. The average Bonchev–Trinajstić information content (AvgIpc) is 2.99. The Morgan fingerprint density at radius 2 is 2.00 bits per heavy atom. The van der Waals surface area contributed by atoms with Crippen LogP contribution in [-0.4, -0.2) is 30.5 Å². The molecule has 0 radical (unpaired) electrons. The molecule has 1 N–H and O–H groups in total. The number of hydrogen-bond donors (Lipinski definition) is 1. The lowest BCUT2D eigenvalue weighted by Gasteiger charge is -2.15. The number of aryl methyl sites for hydroxylation is 1. The molecule has 0 saturated carbocycles. The van der Waals surface area contributed by atoms with Gasteiger partial charge in [0.1, 0.15) is 5.57 Å². The van der Waals surface area contributed by atoms with E-state index in [1.54, 1.807) is 25.1 Å². The first kappa shape index (κ1) is 21.1. The van der Waals surface area contributed by atoms with Crippen molar-refractivity contribution in [2.75, 3.05) is 18.7 Å². The zero-order valence-corrected chi connectivity index (χ0v) is 17.1. The summed E-state index contributed by atoms with van der Waals surface area (Å²) in [5, 5.41) is 13.0. The molecule has 9 nitrogen and oxygen atoms in total. The fourth-order valence-electron chi connectivity index (χ4n) is 2.89. The number of carbonyl (C=O) groups is 2. The first-order chi connectivity index (χ1) is 14.3. The molecule has 3 rings (SSSR count). The molecule has 1 heterocycles. The molecule has 30 heavy (non-hydrogen) atoms. The Kier molecular flexibility index (Phi) is 5.93. The minimum absolute atomic E-state index is 0.0229. The molecule has 10 heteroatoms. The molecule has 2 aromatic carbocycles. The molecule has 2 amide bonds. The van der Waals surface area contributed by atoms with E-state index in [-0.39, 0.29) is 34.9 Å². The largest absolute Gasteiger partial charge is 0.493 e. The van der Waals surface area contributed by atoms with Crippen molar-refractivity contribution < 1.29 is 24.0 Å². The van der Waals surface area contributed by atoms with Crippen molar-refractivity contribution in [2.45, 2.75) is 13.8 Å². The third-order valence-electron chi connectivity index (χ3n) is 4.38. The number of nitrogens with zero attached hydrogens (tertiary/aromatic N) is 2. The lowest BCUT2D eigenvalue weighted by molar-refractivity contribution is -0.385. The maximum atomic E-state index is 12.8. The van der Waals surface area contributed by atoms with Crippen LogP contribution in [0.25, 0.3) is 6.08 Å². The Labute approximate surface area is 176 Å². The highest BCUT2D eigenvalue weighted by molar-refractivity contribution is 6.33. The van der Waals surface area contributed by atoms with Crippen molar-refractivity contribution in [3.8, 4) is 11.5 Å². The molecule has 1 aliphatic rings. The summed E-state index contributed by atoms with van der Waals surface area (Å²) in [6.45, 7) is 3.70. The highest BCUT2D eigenvalue weighted by Crippen LogP contribution is 2.39. The normalized spacial score (nSPS) is 14.8. The summed E-state index contributed by atoms with van der Waals surface area (Å²) in [4.78, 5) is 36.0. The van der Waals surface area contributed by atoms with E-state index in [2.05, 4.69) is 5.43 Å². The van der Waals surface area contributed by atoms with Crippen molar-refractivity contribution in [1.82, 2.24) is 5.43 Å². The molecule has 0 aliphatic carbocycles. The first-order valence-electron chi connectivity index (χ1n) is 8.89. The molecule has 2 aromatic rings. The Morgan fingerprint density at radius 1 is 1.27 bits per heavy atom. The number of carbonyl (C=O) groups excluding carboxylic acids is 2. The predicted molar refractivity (Wildman–Crippen MR) is 111 cm³/mol. The number of ether oxygens (including phenoxy) is 2. The van der Waals surface area contributed by atoms with E-state index in [0.29, 0.717) is 10.7 Å². The van der Waals surface area contributed by atoms with Crippen molar-refractivity contribution in [2.24, 2.45) is 0 Å². The zero-order chi connectivity index (χ0) is 22.0. The molecule has 1 fully saturated rings. The monoisotopic (exact) mass is 431 g/mol. The fraction of sp³-hybridized carbons (Fsp3) is 0.200. The Hall–Kier alpha value is -3.59. The standard InChI is InChI=1S/C20H18ClN3O6/c1-4-30-18-16(24(27)28)8-12(9-17(18)29-3)7-14-19(25)22-23(20(14)26)13-6-5-11(2)15(21)10-13/h5-10H,4H2,1-3H3,(H,22,25)/b14-7+. The van der Waals surface area contributed by atoms with E-state index in [4.69, 9.17) is 21.1 Å². The van der Waals surface area contributed by atoms with E-state index in [9.17, 15) is 19.7 Å². The number of halogens is 1. The van der Waals surface area contributed by atoms with Crippen LogP contribution < -0.4 is 19.9 Å². The second-order valence-electron chi connectivity index (χ2n) is 6.33. The van der Waals surface area contributed by atoms with Crippen LogP contribution in [0.1, 0.15) is 18.1 Å². The number of amides is 2. The fourth-order valence-corrected chi connectivity index (χ4v) is 3.07. The summed E-state index contributed by atoms with van der Waals surface area (Å²) >= 11 is 6.11. The predicted octanol–water partition coefficient (Wildman–Crippen LogP) is 3.43. The molecule has 0 spiro atoms. The highest BCUT2D eigenvalue weighted by atomic mass is 35.5. The second kappa shape index (κ2) is 8.42. The number of benzene rings is 2. The number of hydrazine groups is 1. The maximum absolute atomic E-state index is 12.8. The Bertz CT molecular complexity index is 1080. The van der Waals surface area contributed by atoms with Gasteiger partial charge in [0.05, 0.1) is 24.3 Å². The second-order valence-corrected chi connectivity index (χ2v) is 6.74. The van der Waals surface area contributed by atoms with Gasteiger partial charge in [0.25, 0.3) is 11.8 Å². The molecule has 156 valence electrons. The molecule has 0 unspecified atom stereocenters. The summed E-state index contributed by atoms with van der Waals surface area (Å²) in [7, 11) is 1.34. The molecule has 0 atom stereocenters. The van der Waals surface area contributed by atoms with Gasteiger partial charge >= 0.3 is 5.69 Å². The van der Waals surface area contributed by atoms with E-state index in [0.717, 1.165) is 10.6 Å². The number of nitro groups is 1. The minimum Gasteiger partial charge on any atom is -0.493 e. The summed E-state index contributed by atoms with van der Waals surface area (Å²) in [6, 6.07) is 7.60. The van der Waals surface area contributed by atoms with Gasteiger partial charge in [-0.05, 0) is 49.2 Å². The van der Waals surface area contributed by atoms with E-state index in [1.807, 2.05) is 6.92 Å². The van der Waals surface area contributed by atoms with Crippen LogP contribution in [0.15, 0.2) is 35.9 Å². The minimum atomic E-state index is -0.646. The van der Waals surface area contributed by atoms with Crippen LogP contribution in [0.5, 0.6) is 11.5 Å². The summed E-state index contributed by atoms with van der Waals surface area (Å²) in [5.74, 6) is -1.17. The third-order valence-corrected chi connectivity index (χ3v) is 4.79. The van der Waals surface area contributed by atoms with Crippen molar-refractivity contribution in [3.63, 3.8) is 0 Å². The number of rotatable bonds is 6. The molecular weight excluding hydrogens is 414 g/mol. The van der Waals surface area contributed by atoms with Crippen molar-refractivity contribution in [3.05, 3.63) is 62.2 Å². The Morgan fingerprint density at radius 3 is 2.60 bits per heavy atom. The molecular formula is C20H18ClN3O6. The number of nitrogens with one attached hydrogen (secondary N) is 1. The molecule has 1 saturated heterocycles. The van der Waals surface area contributed by atoms with E-state index < -0.39 is 16.7 Å². The summed E-state index contributed by atoms with van der Waals surface area (Å²) < 4.78 is 10.5. The van der Waals surface area contributed by atoms with Gasteiger partial charge in [-0.2, -0.15) is 0 Å². The lowest BCUT2D eigenvalue weighted by Crippen LogP contribution is -2.35. The topological polar surface area (TPSA) is 111 Å². The van der Waals surface area contributed by atoms with Gasteiger partial charge in [-0.1, -0.05) is 17.7 Å². The van der Waals surface area contributed by atoms with Gasteiger partial charge < -0.3 is 9.47 Å². The van der Waals surface area contributed by atoms with Gasteiger partial charge in [0.15, 0.2) is 5.75 Å². The number of nitro benzene ring substituents is 1. The van der Waals surface area contributed by atoms with Crippen LogP contribution in [-0.2, 0) is 9.59 Å².